The minimum atomic E-state index is -0.0954. The fraction of sp³-hybridized carbons (Fsp3) is 0.200. The molecule has 146 valence electrons. The van der Waals surface area contributed by atoms with Crippen LogP contribution in [0.2, 0.25) is 5.02 Å². The lowest BCUT2D eigenvalue weighted by Gasteiger charge is -2.12. The number of amides is 1. The van der Waals surface area contributed by atoms with Gasteiger partial charge in [-0.25, -0.2) is 0 Å². The van der Waals surface area contributed by atoms with Crippen LogP contribution in [0.1, 0.15) is 12.5 Å². The number of hydrogen-bond donors (Lipinski definition) is 0. The van der Waals surface area contributed by atoms with Gasteiger partial charge < -0.3 is 9.47 Å². The molecular weight excluding hydrogens is 482 g/mol. The van der Waals surface area contributed by atoms with E-state index in [0.29, 0.717) is 39.8 Å². The van der Waals surface area contributed by atoms with Crippen LogP contribution in [0, 0.1) is 0 Å². The number of carbonyl (C=O) groups is 1. The molecule has 0 radical (unpaired) electrons. The van der Waals surface area contributed by atoms with Crippen molar-refractivity contribution < 1.29 is 14.3 Å². The molecule has 0 saturated carbocycles. The van der Waals surface area contributed by atoms with Crippen molar-refractivity contribution in [2.75, 3.05) is 19.8 Å². The molecule has 0 aliphatic carbocycles. The van der Waals surface area contributed by atoms with Gasteiger partial charge in [0.25, 0.3) is 5.91 Å². The van der Waals surface area contributed by atoms with Crippen molar-refractivity contribution >= 4 is 67.8 Å². The molecular formula is C20H17BrClNO3S2. The Morgan fingerprint density at radius 3 is 2.57 bits per heavy atom. The van der Waals surface area contributed by atoms with E-state index < -0.39 is 0 Å². The molecule has 1 amide bonds. The SMILES string of the molecule is CCN1C(=O)C(=Cc2cc(Cl)ccc2OCCOc2ccc(Br)cc2)SC1=S. The second-order valence-corrected chi connectivity index (χ2v) is 8.79. The molecule has 0 atom stereocenters. The first-order valence-electron chi connectivity index (χ1n) is 8.54. The number of hydrogen-bond acceptors (Lipinski definition) is 5. The van der Waals surface area contributed by atoms with Gasteiger partial charge in [0.15, 0.2) is 0 Å². The predicted octanol–water partition coefficient (Wildman–Crippen LogP) is 5.78. The Labute approximate surface area is 187 Å². The number of halogens is 2. The van der Waals surface area contributed by atoms with Gasteiger partial charge in [-0.1, -0.05) is 51.5 Å². The number of nitrogens with zero attached hydrogens (tertiary/aromatic N) is 1. The molecule has 8 heteroatoms. The third-order valence-electron chi connectivity index (χ3n) is 3.87. The Hall–Kier alpha value is -1.54. The van der Waals surface area contributed by atoms with Gasteiger partial charge in [-0.05, 0) is 55.5 Å². The monoisotopic (exact) mass is 497 g/mol. The number of ether oxygens (including phenoxy) is 2. The molecule has 0 aromatic heterocycles. The molecule has 4 nitrogen and oxygen atoms in total. The van der Waals surface area contributed by atoms with Crippen LogP contribution in [0.3, 0.4) is 0 Å². The number of thioether (sulfide) groups is 1. The van der Waals surface area contributed by atoms with Crippen molar-refractivity contribution in [2.24, 2.45) is 0 Å². The zero-order chi connectivity index (χ0) is 20.1. The van der Waals surface area contributed by atoms with E-state index in [1.54, 1.807) is 29.2 Å². The van der Waals surface area contributed by atoms with Crippen LogP contribution >= 0.6 is 51.5 Å². The lowest BCUT2D eigenvalue weighted by atomic mass is 10.2. The lowest BCUT2D eigenvalue weighted by molar-refractivity contribution is -0.121. The van der Waals surface area contributed by atoms with E-state index in [2.05, 4.69) is 15.9 Å². The van der Waals surface area contributed by atoms with E-state index in [-0.39, 0.29) is 5.91 Å². The highest BCUT2D eigenvalue weighted by atomic mass is 79.9. The Morgan fingerprint density at radius 1 is 1.18 bits per heavy atom. The summed E-state index contributed by atoms with van der Waals surface area (Å²) in [5, 5.41) is 0.565. The first-order chi connectivity index (χ1) is 13.5. The van der Waals surface area contributed by atoms with Crippen molar-refractivity contribution in [2.45, 2.75) is 6.92 Å². The summed E-state index contributed by atoms with van der Waals surface area (Å²) in [6, 6.07) is 12.9. The maximum Gasteiger partial charge on any atom is 0.266 e. The van der Waals surface area contributed by atoms with E-state index in [1.807, 2.05) is 31.2 Å². The first kappa shape index (κ1) is 21.2. The fourth-order valence-electron chi connectivity index (χ4n) is 2.52. The Kier molecular flexibility index (Phi) is 7.40. The summed E-state index contributed by atoms with van der Waals surface area (Å²) in [6.45, 7) is 3.19. The van der Waals surface area contributed by atoms with Gasteiger partial charge in [-0.15, -0.1) is 0 Å². The Balaban J connectivity index is 1.67. The van der Waals surface area contributed by atoms with Crippen LogP contribution < -0.4 is 9.47 Å². The number of carbonyl (C=O) groups excluding carboxylic acids is 1. The molecule has 0 N–H and O–H groups in total. The minimum Gasteiger partial charge on any atom is -0.490 e. The second kappa shape index (κ2) is 9.78. The highest BCUT2D eigenvalue weighted by Crippen LogP contribution is 2.34. The summed E-state index contributed by atoms with van der Waals surface area (Å²) in [6.07, 6.45) is 1.77. The van der Waals surface area contributed by atoms with Crippen molar-refractivity contribution in [1.82, 2.24) is 4.90 Å². The molecule has 1 aliphatic heterocycles. The summed E-state index contributed by atoms with van der Waals surface area (Å²) in [4.78, 5) is 14.6. The average molecular weight is 499 g/mol. The number of likely N-dealkylation sites (N-methyl/N-ethyl adjacent to an activating group) is 1. The van der Waals surface area contributed by atoms with Crippen LogP contribution in [0.25, 0.3) is 6.08 Å². The van der Waals surface area contributed by atoms with Crippen molar-refractivity contribution in [3.05, 3.63) is 62.4 Å². The largest absolute Gasteiger partial charge is 0.490 e. The number of thiocarbonyl (C=S) groups is 1. The van der Waals surface area contributed by atoms with Gasteiger partial charge in [0.2, 0.25) is 0 Å². The topological polar surface area (TPSA) is 38.8 Å². The molecule has 28 heavy (non-hydrogen) atoms. The standard InChI is InChI=1S/C20H17BrClNO3S2/c1-2-23-19(24)18(28-20(23)27)12-13-11-15(22)5-8-17(13)26-10-9-25-16-6-3-14(21)4-7-16/h3-8,11-12H,2,9-10H2,1H3. The van der Waals surface area contributed by atoms with Gasteiger partial charge in [0, 0.05) is 21.6 Å². The molecule has 3 rings (SSSR count). The normalized spacial score (nSPS) is 15.4. The molecule has 1 saturated heterocycles. The molecule has 1 aliphatic rings. The lowest BCUT2D eigenvalue weighted by Crippen LogP contribution is -2.27. The van der Waals surface area contributed by atoms with Gasteiger partial charge in [-0.3, -0.25) is 9.69 Å². The van der Waals surface area contributed by atoms with E-state index >= 15 is 0 Å². The van der Waals surface area contributed by atoms with Crippen molar-refractivity contribution in [1.29, 1.82) is 0 Å². The molecule has 2 aromatic rings. The summed E-state index contributed by atoms with van der Waals surface area (Å²) < 4.78 is 13.1. The van der Waals surface area contributed by atoms with E-state index in [0.717, 1.165) is 15.8 Å². The second-order valence-electron chi connectivity index (χ2n) is 5.76. The third kappa shape index (κ3) is 5.29. The molecule has 1 fully saturated rings. The molecule has 0 bridgehead atoms. The quantitative estimate of drug-likeness (QED) is 0.275. The zero-order valence-corrected chi connectivity index (χ0v) is 19.0. The van der Waals surface area contributed by atoms with Gasteiger partial charge >= 0.3 is 0 Å². The van der Waals surface area contributed by atoms with Crippen molar-refractivity contribution in [3.8, 4) is 11.5 Å². The maximum absolute atomic E-state index is 12.4. The van der Waals surface area contributed by atoms with Gasteiger partial charge in [0.1, 0.15) is 29.0 Å². The van der Waals surface area contributed by atoms with Gasteiger partial charge in [-0.2, -0.15) is 0 Å². The Morgan fingerprint density at radius 2 is 1.89 bits per heavy atom. The fourth-order valence-corrected chi connectivity index (χ4v) is 4.34. The molecule has 0 spiro atoms. The summed E-state index contributed by atoms with van der Waals surface area (Å²) in [5.41, 5.74) is 0.729. The zero-order valence-electron chi connectivity index (χ0n) is 15.0. The highest BCUT2D eigenvalue weighted by molar-refractivity contribution is 9.10. The van der Waals surface area contributed by atoms with Gasteiger partial charge in [0.05, 0.1) is 4.91 Å². The van der Waals surface area contributed by atoms with E-state index in [1.165, 1.54) is 11.8 Å². The van der Waals surface area contributed by atoms with Crippen LogP contribution in [0.5, 0.6) is 11.5 Å². The average Bonchev–Trinajstić information content (AvgIpc) is 2.94. The van der Waals surface area contributed by atoms with E-state index in [9.17, 15) is 4.79 Å². The molecule has 2 aromatic carbocycles. The number of rotatable bonds is 7. The summed E-state index contributed by atoms with van der Waals surface area (Å²) in [7, 11) is 0. The minimum absolute atomic E-state index is 0.0954. The Bertz CT molecular complexity index is 918. The summed E-state index contributed by atoms with van der Waals surface area (Å²) >= 11 is 16.1. The van der Waals surface area contributed by atoms with Crippen LogP contribution in [-0.2, 0) is 4.79 Å². The van der Waals surface area contributed by atoms with Crippen LogP contribution in [0.4, 0.5) is 0 Å². The molecule has 1 heterocycles. The highest BCUT2D eigenvalue weighted by Gasteiger charge is 2.30. The number of benzene rings is 2. The molecule has 0 unspecified atom stereocenters. The summed E-state index contributed by atoms with van der Waals surface area (Å²) in [5.74, 6) is 1.30. The van der Waals surface area contributed by atoms with Crippen LogP contribution in [-0.4, -0.2) is 34.9 Å². The third-order valence-corrected chi connectivity index (χ3v) is 6.01. The smallest absolute Gasteiger partial charge is 0.266 e. The maximum atomic E-state index is 12.4. The predicted molar refractivity (Wildman–Crippen MR) is 122 cm³/mol. The van der Waals surface area contributed by atoms with E-state index in [4.69, 9.17) is 33.3 Å². The van der Waals surface area contributed by atoms with Crippen LogP contribution in [0.15, 0.2) is 51.8 Å². The first-order valence-corrected chi connectivity index (χ1v) is 10.9. The van der Waals surface area contributed by atoms with Crippen molar-refractivity contribution in [3.63, 3.8) is 0 Å².